The van der Waals surface area contributed by atoms with Gasteiger partial charge in [0.1, 0.15) is 11.5 Å². The van der Waals surface area contributed by atoms with Crippen molar-refractivity contribution >= 4 is 40.7 Å². The van der Waals surface area contributed by atoms with Crippen LogP contribution >= 0.6 is 0 Å². The number of fused-ring (bicyclic) bond motifs is 3. The number of ether oxygens (including phenoxy) is 1. The summed E-state index contributed by atoms with van der Waals surface area (Å²) in [6.45, 7) is 18.2. The van der Waals surface area contributed by atoms with E-state index in [0.717, 1.165) is 18.4 Å². The van der Waals surface area contributed by atoms with Crippen LogP contribution in [0.2, 0.25) is 0 Å². The number of piperazine rings is 1. The Hall–Kier alpha value is -5.64. The van der Waals surface area contributed by atoms with Crippen LogP contribution in [0.15, 0.2) is 60.2 Å². The third kappa shape index (κ3) is 6.94. The molecular formula is C44H53N9O6. The fraction of sp³-hybridized carbons (Fsp3) is 0.455. The Balaban J connectivity index is 1.13. The van der Waals surface area contributed by atoms with Crippen molar-refractivity contribution in [2.45, 2.75) is 91.2 Å². The molecule has 59 heavy (non-hydrogen) atoms. The van der Waals surface area contributed by atoms with E-state index in [1.165, 1.54) is 21.9 Å². The molecule has 2 fully saturated rings. The van der Waals surface area contributed by atoms with Crippen molar-refractivity contribution in [3.63, 3.8) is 0 Å². The summed E-state index contributed by atoms with van der Waals surface area (Å²) < 4.78 is 9.05. The zero-order valence-electron chi connectivity index (χ0n) is 34.8. The lowest BCUT2D eigenvalue weighted by atomic mass is 9.87. The van der Waals surface area contributed by atoms with Crippen LogP contribution < -0.4 is 21.1 Å². The first-order valence-electron chi connectivity index (χ1n) is 20.2. The summed E-state index contributed by atoms with van der Waals surface area (Å²) in [5.41, 5.74) is 5.00. The standard InChI is InChI=1S/C44H53N9O6/c1-9-37(55)47-32-17-27(10-11-30(32)36-21-52(28-23-59-24-28)44(6,7)42(58)53(36)25(2)3)46-38-41(57)49(8)20-33(48-38)29-12-13-45-39(31(29)22-54)51-15-14-50-34(40(51)56)16-26-18-43(4,5)19-35(26)50/h9-13,16-17,20,25,28,36,54H,1,14-15,18-19,21-24H2,2-8H3,(H,46,48)(H,47,55). The van der Waals surface area contributed by atoms with Crippen LogP contribution in [0.25, 0.3) is 11.3 Å². The fourth-order valence-electron chi connectivity index (χ4n) is 9.33. The number of rotatable bonds is 10. The second kappa shape index (κ2) is 14.9. The molecule has 0 bridgehead atoms. The van der Waals surface area contributed by atoms with Crippen molar-refractivity contribution in [1.82, 2.24) is 28.9 Å². The van der Waals surface area contributed by atoms with E-state index in [-0.39, 0.29) is 35.1 Å². The molecule has 3 aromatic heterocycles. The number of pyridine rings is 1. The molecule has 4 aliphatic rings. The smallest absolute Gasteiger partial charge is 0.293 e. The lowest BCUT2D eigenvalue weighted by Gasteiger charge is -2.55. The molecule has 0 saturated carbocycles. The first kappa shape index (κ1) is 40.2. The molecule has 8 rings (SSSR count). The largest absolute Gasteiger partial charge is 0.392 e. The lowest BCUT2D eigenvalue weighted by Crippen LogP contribution is -2.70. The van der Waals surface area contributed by atoms with Crippen molar-refractivity contribution in [3.05, 3.63) is 93.8 Å². The average molecular weight is 804 g/mol. The summed E-state index contributed by atoms with van der Waals surface area (Å²) in [5.74, 6) is -0.282. The third-order valence-corrected chi connectivity index (χ3v) is 12.3. The van der Waals surface area contributed by atoms with Crippen molar-refractivity contribution in [2.24, 2.45) is 12.5 Å². The van der Waals surface area contributed by atoms with Gasteiger partial charge in [-0.1, -0.05) is 26.5 Å². The molecule has 15 heteroatoms. The highest BCUT2D eigenvalue weighted by molar-refractivity contribution is 6.06. The number of amides is 3. The molecule has 0 spiro atoms. The van der Waals surface area contributed by atoms with Crippen molar-refractivity contribution in [3.8, 4) is 11.3 Å². The molecule has 1 aromatic carbocycles. The highest BCUT2D eigenvalue weighted by Crippen LogP contribution is 2.42. The average Bonchev–Trinajstić information content (AvgIpc) is 3.66. The van der Waals surface area contributed by atoms with Gasteiger partial charge >= 0.3 is 0 Å². The Labute approximate surface area is 343 Å². The Morgan fingerprint density at radius 1 is 1.08 bits per heavy atom. The number of aryl methyl sites for hydroxylation is 1. The van der Waals surface area contributed by atoms with E-state index < -0.39 is 29.7 Å². The van der Waals surface area contributed by atoms with Gasteiger partial charge in [0.2, 0.25) is 11.8 Å². The molecule has 1 aliphatic carbocycles. The number of nitrogens with one attached hydrogen (secondary N) is 2. The van der Waals surface area contributed by atoms with Crippen LogP contribution in [-0.4, -0.2) is 95.7 Å². The van der Waals surface area contributed by atoms with Gasteiger partial charge in [0.15, 0.2) is 5.82 Å². The molecule has 1 unspecified atom stereocenters. The van der Waals surface area contributed by atoms with Gasteiger partial charge in [0, 0.05) is 73.3 Å². The van der Waals surface area contributed by atoms with Gasteiger partial charge in [0.25, 0.3) is 11.5 Å². The number of carbonyl (C=O) groups is 3. The van der Waals surface area contributed by atoms with E-state index in [1.807, 2.05) is 44.7 Å². The zero-order valence-corrected chi connectivity index (χ0v) is 34.8. The predicted molar refractivity (Wildman–Crippen MR) is 225 cm³/mol. The molecule has 0 radical (unpaired) electrons. The number of hydrogen-bond acceptors (Lipinski definition) is 10. The molecule has 3 aliphatic heterocycles. The Bertz CT molecular complexity index is 2440. The molecule has 6 heterocycles. The topological polar surface area (TPSA) is 167 Å². The molecule has 2 saturated heterocycles. The molecule has 15 nitrogen and oxygen atoms in total. The van der Waals surface area contributed by atoms with Crippen molar-refractivity contribution < 1.29 is 24.2 Å². The van der Waals surface area contributed by atoms with E-state index in [2.05, 4.69) is 45.5 Å². The highest BCUT2D eigenvalue weighted by atomic mass is 16.5. The molecule has 1 atom stereocenters. The van der Waals surface area contributed by atoms with Crippen molar-refractivity contribution in [2.75, 3.05) is 41.8 Å². The minimum atomic E-state index is -0.753. The summed E-state index contributed by atoms with van der Waals surface area (Å²) in [4.78, 5) is 69.7. The number of anilines is 4. The maximum absolute atomic E-state index is 14.2. The Kier molecular flexibility index (Phi) is 10.1. The minimum absolute atomic E-state index is 0.000116. The van der Waals surface area contributed by atoms with Gasteiger partial charge < -0.3 is 34.5 Å². The van der Waals surface area contributed by atoms with Gasteiger partial charge in [0.05, 0.1) is 43.1 Å². The number of hydrogen-bond donors (Lipinski definition) is 3. The minimum Gasteiger partial charge on any atom is -0.392 e. The number of benzene rings is 1. The number of aliphatic hydroxyl groups is 1. The second-order valence-corrected chi connectivity index (χ2v) is 17.7. The molecule has 3 N–H and O–H groups in total. The SMILES string of the molecule is C=CC(=O)Nc1cc(Nc2nc(-c3ccnc(N4CCn5c(cc6c5CC(C)(C)C6)C4=O)c3CO)cn(C)c2=O)ccc1C1CN(C2COC2)C(C)(C)C(=O)N1C(C)C. The summed E-state index contributed by atoms with van der Waals surface area (Å²) in [6.07, 6.45) is 6.18. The van der Waals surface area contributed by atoms with Gasteiger partial charge in [-0.25, -0.2) is 9.97 Å². The van der Waals surface area contributed by atoms with Crippen LogP contribution in [0.3, 0.4) is 0 Å². The Morgan fingerprint density at radius 3 is 2.53 bits per heavy atom. The van der Waals surface area contributed by atoms with Gasteiger partial charge in [-0.3, -0.25) is 29.0 Å². The van der Waals surface area contributed by atoms with Gasteiger partial charge in [-0.15, -0.1) is 0 Å². The maximum atomic E-state index is 14.2. The van der Waals surface area contributed by atoms with Crippen LogP contribution in [0.1, 0.15) is 80.5 Å². The van der Waals surface area contributed by atoms with E-state index in [4.69, 9.17) is 9.72 Å². The Morgan fingerprint density at radius 2 is 1.85 bits per heavy atom. The van der Waals surface area contributed by atoms with Crippen LogP contribution in [0.4, 0.5) is 23.0 Å². The number of aromatic nitrogens is 4. The summed E-state index contributed by atoms with van der Waals surface area (Å²) in [5, 5.41) is 16.9. The van der Waals surface area contributed by atoms with Crippen LogP contribution in [-0.2, 0) is 47.4 Å². The highest BCUT2D eigenvalue weighted by Gasteiger charge is 2.51. The lowest BCUT2D eigenvalue weighted by molar-refractivity contribution is -0.173. The maximum Gasteiger partial charge on any atom is 0.293 e. The molecular weight excluding hydrogens is 751 g/mol. The van der Waals surface area contributed by atoms with E-state index >= 15 is 0 Å². The normalized spacial score (nSPS) is 20.1. The summed E-state index contributed by atoms with van der Waals surface area (Å²) >= 11 is 0. The number of carbonyl (C=O) groups excluding carboxylic acids is 3. The second-order valence-electron chi connectivity index (χ2n) is 17.7. The van der Waals surface area contributed by atoms with Crippen molar-refractivity contribution in [1.29, 1.82) is 0 Å². The molecule has 4 aromatic rings. The van der Waals surface area contributed by atoms with Crippen LogP contribution in [0, 0.1) is 5.41 Å². The molecule has 310 valence electrons. The number of aliphatic hydroxyl groups excluding tert-OH is 1. The monoisotopic (exact) mass is 803 g/mol. The first-order chi connectivity index (χ1) is 28.0. The third-order valence-electron chi connectivity index (χ3n) is 12.3. The van der Waals surface area contributed by atoms with E-state index in [0.29, 0.717) is 72.6 Å². The van der Waals surface area contributed by atoms with E-state index in [1.54, 1.807) is 42.5 Å². The predicted octanol–water partition coefficient (Wildman–Crippen LogP) is 4.56. The summed E-state index contributed by atoms with van der Waals surface area (Å²) in [6, 6.07) is 8.65. The quantitative estimate of drug-likeness (QED) is 0.194. The first-order valence-corrected chi connectivity index (χ1v) is 20.2. The zero-order chi connectivity index (χ0) is 42.1. The summed E-state index contributed by atoms with van der Waals surface area (Å²) in [7, 11) is 1.61. The number of nitrogens with zero attached hydrogens (tertiary/aromatic N) is 7. The van der Waals surface area contributed by atoms with E-state index in [9.17, 15) is 24.3 Å². The van der Waals surface area contributed by atoms with Gasteiger partial charge in [-0.2, -0.15) is 0 Å². The fourth-order valence-corrected chi connectivity index (χ4v) is 9.33. The van der Waals surface area contributed by atoms with Crippen LogP contribution in [0.5, 0.6) is 0 Å². The van der Waals surface area contributed by atoms with Gasteiger partial charge in [-0.05, 0) is 87.4 Å². The molecule has 3 amide bonds.